The Labute approximate surface area is 238 Å². The Balaban J connectivity index is 1.51. The number of hydrogen-bond donors (Lipinski definition) is 1. The lowest BCUT2D eigenvalue weighted by Crippen LogP contribution is -2.36. The highest BCUT2D eigenvalue weighted by atomic mass is 32.1. The van der Waals surface area contributed by atoms with Crippen molar-refractivity contribution in [2.75, 3.05) is 27.2 Å². The molecule has 3 aromatic carbocycles. The zero-order valence-corrected chi connectivity index (χ0v) is 23.5. The average molecular weight is 554 g/mol. The number of ether oxygens (including phenoxy) is 1. The van der Waals surface area contributed by atoms with Gasteiger partial charge in [0.15, 0.2) is 5.76 Å². The molecule has 204 valence electrons. The van der Waals surface area contributed by atoms with Crippen LogP contribution in [0.3, 0.4) is 0 Å². The Kier molecular flexibility index (Phi) is 8.09. The number of aliphatic hydroxyl groups excluding tert-OH is 1. The van der Waals surface area contributed by atoms with Crippen LogP contribution in [0.4, 0.5) is 0 Å². The molecule has 2 heterocycles. The molecule has 1 aliphatic heterocycles. The number of aryl methyl sites for hydroxylation is 1. The number of thiazole rings is 1. The smallest absolute Gasteiger partial charge is 0.290 e. The summed E-state index contributed by atoms with van der Waals surface area (Å²) in [4.78, 5) is 36.0. The van der Waals surface area contributed by atoms with Gasteiger partial charge in [0.25, 0.3) is 5.91 Å². The standard InChI is InChI=1S/C32H31N3O4S/c1-21-30(40-31(33-21)23-13-8-5-9-14-23)28(36)26-27(35(18-17-34(2)3)32(38)29(26)37)24-15-10-16-25(19-24)39-20-22-11-6-4-7-12-22/h4-16,19,27,37H,17-18,20H2,1-3H3. The molecule has 0 fully saturated rings. The number of hydrogen-bond acceptors (Lipinski definition) is 7. The van der Waals surface area contributed by atoms with Crippen molar-refractivity contribution in [3.05, 3.63) is 118 Å². The number of rotatable bonds is 10. The molecule has 0 spiro atoms. The van der Waals surface area contributed by atoms with E-state index >= 15 is 0 Å². The van der Waals surface area contributed by atoms with E-state index in [1.165, 1.54) is 11.3 Å². The highest BCUT2D eigenvalue weighted by Gasteiger charge is 2.44. The molecule has 1 aliphatic rings. The van der Waals surface area contributed by atoms with Crippen molar-refractivity contribution in [3.63, 3.8) is 0 Å². The fourth-order valence-electron chi connectivity index (χ4n) is 4.72. The summed E-state index contributed by atoms with van der Waals surface area (Å²) in [5, 5.41) is 11.8. The van der Waals surface area contributed by atoms with Crippen LogP contribution in [0.2, 0.25) is 0 Å². The summed E-state index contributed by atoms with van der Waals surface area (Å²) < 4.78 is 6.05. The first-order chi connectivity index (χ1) is 19.3. The molecule has 1 N–H and O–H groups in total. The van der Waals surface area contributed by atoms with Crippen LogP contribution in [0.5, 0.6) is 5.75 Å². The summed E-state index contributed by atoms with van der Waals surface area (Å²) in [6, 6.07) is 26.1. The van der Waals surface area contributed by atoms with Gasteiger partial charge in [0.05, 0.1) is 22.2 Å². The highest BCUT2D eigenvalue weighted by Crippen LogP contribution is 2.41. The quantitative estimate of drug-likeness (QED) is 0.249. The molecular formula is C32H31N3O4S. The van der Waals surface area contributed by atoms with E-state index in [2.05, 4.69) is 4.98 Å². The number of amides is 1. The van der Waals surface area contributed by atoms with E-state index in [0.29, 0.717) is 46.6 Å². The van der Waals surface area contributed by atoms with E-state index in [4.69, 9.17) is 4.74 Å². The Hall–Kier alpha value is -4.27. The fourth-order valence-corrected chi connectivity index (χ4v) is 5.75. The third kappa shape index (κ3) is 5.68. The lowest BCUT2D eigenvalue weighted by atomic mass is 9.95. The van der Waals surface area contributed by atoms with Crippen LogP contribution in [-0.2, 0) is 11.4 Å². The molecule has 0 saturated heterocycles. The van der Waals surface area contributed by atoms with Gasteiger partial charge in [0, 0.05) is 18.7 Å². The zero-order valence-electron chi connectivity index (χ0n) is 22.7. The Morgan fingerprint density at radius 2 is 1.73 bits per heavy atom. The molecule has 0 aliphatic carbocycles. The van der Waals surface area contributed by atoms with Gasteiger partial charge in [0.1, 0.15) is 17.4 Å². The van der Waals surface area contributed by atoms with Gasteiger partial charge < -0.3 is 19.6 Å². The predicted molar refractivity (Wildman–Crippen MR) is 156 cm³/mol. The molecule has 40 heavy (non-hydrogen) atoms. The Morgan fingerprint density at radius 3 is 2.42 bits per heavy atom. The molecule has 5 rings (SSSR count). The molecule has 1 atom stereocenters. The Bertz CT molecular complexity index is 1550. The summed E-state index contributed by atoms with van der Waals surface area (Å²) in [5.74, 6) is -0.856. The van der Waals surface area contributed by atoms with Crippen molar-refractivity contribution in [1.29, 1.82) is 0 Å². The average Bonchev–Trinajstić information content (AvgIpc) is 3.48. The molecule has 1 aromatic heterocycles. The van der Waals surface area contributed by atoms with Gasteiger partial charge in [-0.15, -0.1) is 11.3 Å². The van der Waals surface area contributed by atoms with Gasteiger partial charge in [-0.05, 0) is 44.3 Å². The number of likely N-dealkylation sites (N-methyl/N-ethyl adjacent to an activating group) is 1. The first-order valence-electron chi connectivity index (χ1n) is 13.1. The van der Waals surface area contributed by atoms with Crippen molar-refractivity contribution in [2.24, 2.45) is 0 Å². The minimum Gasteiger partial charge on any atom is -0.503 e. The van der Waals surface area contributed by atoms with E-state index in [1.54, 1.807) is 11.8 Å². The number of benzene rings is 3. The number of aromatic nitrogens is 1. The van der Waals surface area contributed by atoms with Gasteiger partial charge in [-0.3, -0.25) is 9.59 Å². The fraction of sp³-hybridized carbons (Fsp3) is 0.219. The van der Waals surface area contributed by atoms with Crippen molar-refractivity contribution in [1.82, 2.24) is 14.8 Å². The lowest BCUT2D eigenvalue weighted by molar-refractivity contribution is -0.129. The summed E-state index contributed by atoms with van der Waals surface area (Å²) >= 11 is 1.27. The molecule has 1 amide bonds. The van der Waals surface area contributed by atoms with Crippen LogP contribution in [0, 0.1) is 6.92 Å². The number of Topliss-reactive ketones (excluding diaryl/α,β-unsaturated/α-hetero) is 1. The van der Waals surface area contributed by atoms with Crippen molar-refractivity contribution >= 4 is 23.0 Å². The van der Waals surface area contributed by atoms with Crippen molar-refractivity contribution in [3.8, 4) is 16.3 Å². The molecule has 1 unspecified atom stereocenters. The number of ketones is 1. The number of aliphatic hydroxyl groups is 1. The van der Waals surface area contributed by atoms with E-state index in [9.17, 15) is 14.7 Å². The van der Waals surface area contributed by atoms with Crippen molar-refractivity contribution in [2.45, 2.75) is 19.6 Å². The van der Waals surface area contributed by atoms with Gasteiger partial charge in [-0.2, -0.15) is 0 Å². The molecule has 4 aromatic rings. The third-order valence-corrected chi connectivity index (χ3v) is 7.99. The summed E-state index contributed by atoms with van der Waals surface area (Å²) in [7, 11) is 3.83. The van der Waals surface area contributed by atoms with E-state index in [-0.39, 0.29) is 5.57 Å². The van der Waals surface area contributed by atoms with E-state index < -0.39 is 23.5 Å². The normalized spacial score (nSPS) is 15.2. The maximum absolute atomic E-state index is 14.1. The zero-order chi connectivity index (χ0) is 28.2. The second kappa shape index (κ2) is 11.9. The SMILES string of the molecule is Cc1nc(-c2ccccc2)sc1C(=O)C1=C(O)C(=O)N(CCN(C)C)C1c1cccc(OCc2ccccc2)c1. The van der Waals surface area contributed by atoms with E-state index in [1.807, 2.05) is 104 Å². The molecule has 0 bridgehead atoms. The van der Waals surface area contributed by atoms with Crippen LogP contribution in [0.25, 0.3) is 10.6 Å². The molecule has 0 radical (unpaired) electrons. The van der Waals surface area contributed by atoms with Crippen LogP contribution in [0.15, 0.2) is 96.3 Å². The summed E-state index contributed by atoms with van der Waals surface area (Å²) in [6.45, 7) is 3.07. The molecule has 7 nitrogen and oxygen atoms in total. The minimum absolute atomic E-state index is 0.0651. The minimum atomic E-state index is -0.762. The van der Waals surface area contributed by atoms with Crippen molar-refractivity contribution < 1.29 is 19.4 Å². The largest absolute Gasteiger partial charge is 0.503 e. The topological polar surface area (TPSA) is 83.0 Å². The molecular weight excluding hydrogens is 522 g/mol. The monoisotopic (exact) mass is 553 g/mol. The molecule has 0 saturated carbocycles. The third-order valence-electron chi connectivity index (χ3n) is 6.78. The maximum atomic E-state index is 14.1. The van der Waals surface area contributed by atoms with Crippen LogP contribution < -0.4 is 4.74 Å². The highest BCUT2D eigenvalue weighted by molar-refractivity contribution is 7.17. The predicted octanol–water partition coefficient (Wildman–Crippen LogP) is 5.84. The second-order valence-corrected chi connectivity index (χ2v) is 10.9. The summed E-state index contributed by atoms with van der Waals surface area (Å²) in [6.07, 6.45) is 0. The first kappa shape index (κ1) is 27.3. The maximum Gasteiger partial charge on any atom is 0.290 e. The van der Waals surface area contributed by atoms with Gasteiger partial charge in [-0.1, -0.05) is 72.8 Å². The number of carbonyl (C=O) groups excluding carboxylic acids is 2. The lowest BCUT2D eigenvalue weighted by Gasteiger charge is -2.28. The van der Waals surface area contributed by atoms with Gasteiger partial charge in [-0.25, -0.2) is 4.98 Å². The summed E-state index contributed by atoms with van der Waals surface area (Å²) in [5.41, 5.74) is 3.25. The van der Waals surface area contributed by atoms with Gasteiger partial charge >= 0.3 is 0 Å². The Morgan fingerprint density at radius 1 is 1.02 bits per heavy atom. The number of nitrogens with zero attached hydrogens (tertiary/aromatic N) is 3. The van der Waals surface area contributed by atoms with Crippen LogP contribution in [-0.4, -0.2) is 58.8 Å². The van der Waals surface area contributed by atoms with E-state index in [0.717, 1.165) is 11.1 Å². The number of carbonyl (C=O) groups is 2. The van der Waals surface area contributed by atoms with Crippen LogP contribution in [0.1, 0.15) is 32.5 Å². The first-order valence-corrected chi connectivity index (χ1v) is 13.9. The van der Waals surface area contributed by atoms with Crippen LogP contribution >= 0.6 is 11.3 Å². The van der Waals surface area contributed by atoms with Gasteiger partial charge in [0.2, 0.25) is 5.78 Å². The molecule has 8 heteroatoms. The second-order valence-electron chi connectivity index (χ2n) is 9.94.